The van der Waals surface area contributed by atoms with Crippen molar-refractivity contribution in [2.75, 3.05) is 13.6 Å². The summed E-state index contributed by atoms with van der Waals surface area (Å²) in [7, 11) is 1.94. The Labute approximate surface area is 212 Å². The van der Waals surface area contributed by atoms with Crippen LogP contribution in [0.5, 0.6) is 11.5 Å². The number of esters is 1. The molecule has 1 fully saturated rings. The zero-order chi connectivity index (χ0) is 28.4. The Hall–Kier alpha value is -3.40. The van der Waals surface area contributed by atoms with Crippen molar-refractivity contribution in [1.29, 1.82) is 0 Å². The molecule has 2 unspecified atom stereocenters. The van der Waals surface area contributed by atoms with Crippen LogP contribution < -0.4 is 4.74 Å². The molecular weight excluding hydrogens is 523 g/mol. The molecule has 0 saturated carbocycles. The molecule has 1 saturated heterocycles. The van der Waals surface area contributed by atoms with Crippen LogP contribution in [-0.2, 0) is 31.0 Å². The molecule has 2 heterocycles. The highest BCUT2D eigenvalue weighted by Crippen LogP contribution is 2.65. The van der Waals surface area contributed by atoms with Crippen molar-refractivity contribution in [1.82, 2.24) is 4.90 Å². The van der Waals surface area contributed by atoms with Gasteiger partial charge in [0.1, 0.15) is 5.76 Å². The molecule has 4 aliphatic rings. The highest BCUT2D eigenvalue weighted by atomic mass is 19.4. The second-order valence-corrected chi connectivity index (χ2v) is 9.55. The number of aliphatic carboxylic acids is 2. The third kappa shape index (κ3) is 3.97. The van der Waals surface area contributed by atoms with Crippen LogP contribution >= 0.6 is 0 Å². The van der Waals surface area contributed by atoms with Crippen molar-refractivity contribution in [3.8, 4) is 11.5 Å². The minimum Gasteiger partial charge on any atom is -0.504 e. The minimum absolute atomic E-state index is 0.0121. The van der Waals surface area contributed by atoms with E-state index in [2.05, 4.69) is 4.90 Å². The topological polar surface area (TPSA) is 194 Å². The van der Waals surface area contributed by atoms with E-state index in [4.69, 9.17) is 24.5 Å². The molecule has 15 heteroatoms. The number of rotatable bonds is 4. The maximum absolute atomic E-state index is 12.3. The molecule has 12 nitrogen and oxygen atoms in total. The average Bonchev–Trinajstić information content (AvgIpc) is 3.19. The van der Waals surface area contributed by atoms with Crippen molar-refractivity contribution in [3.05, 3.63) is 35.1 Å². The number of piperidine rings is 1. The normalized spacial score (nSPS) is 30.4. The van der Waals surface area contributed by atoms with E-state index in [1.165, 1.54) is 12.1 Å². The first-order chi connectivity index (χ1) is 17.6. The average molecular weight is 547 g/mol. The standard InChI is InChI=1S/C21H23NO9.C2HF3O2/c1-22-7-6-20-13-9-2-3-10(23)16(13)31-17(20)11(4-5-21(20,29)12(22)8-9)30-19(28)15(25)14(24)18(26)27;3-2(4,5)1(6)7/h2-4,12,14-15,17,23-25,29H,5-8H2,1H3,(H,26,27);(H,6,7)/t12-,14?,15?,17+,20+,21-;/m1./s1. The summed E-state index contributed by atoms with van der Waals surface area (Å²) in [5.41, 5.74) is -0.583. The number of benzene rings is 1. The molecule has 6 N–H and O–H groups in total. The number of carbonyl (C=O) groups excluding carboxylic acids is 1. The Kier molecular flexibility index (Phi) is 6.63. The third-order valence-electron chi connectivity index (χ3n) is 7.61. The molecule has 0 amide bonds. The van der Waals surface area contributed by atoms with Gasteiger partial charge < -0.3 is 45.0 Å². The molecule has 2 aliphatic heterocycles. The summed E-state index contributed by atoms with van der Waals surface area (Å²) in [5.74, 6) is -5.70. The summed E-state index contributed by atoms with van der Waals surface area (Å²) in [6.45, 7) is 0.642. The van der Waals surface area contributed by atoms with Gasteiger partial charge in [-0.2, -0.15) is 13.2 Å². The summed E-state index contributed by atoms with van der Waals surface area (Å²) in [5, 5.41) is 57.7. The molecule has 5 rings (SSSR count). The second-order valence-electron chi connectivity index (χ2n) is 9.55. The molecule has 6 atom stereocenters. The molecule has 0 aromatic heterocycles. The number of nitrogens with zero attached hydrogens (tertiary/aromatic N) is 1. The lowest BCUT2D eigenvalue weighted by atomic mass is 9.50. The quantitative estimate of drug-likeness (QED) is 0.269. The lowest BCUT2D eigenvalue weighted by molar-refractivity contribution is -0.192. The monoisotopic (exact) mass is 547 g/mol. The van der Waals surface area contributed by atoms with E-state index in [1.807, 2.05) is 13.1 Å². The number of aliphatic hydroxyl groups is 3. The number of hydrogen-bond acceptors (Lipinski definition) is 10. The van der Waals surface area contributed by atoms with Gasteiger partial charge in [-0.05, 0) is 44.1 Å². The molecule has 208 valence electrons. The number of halogens is 3. The first-order valence-electron chi connectivity index (χ1n) is 11.3. The van der Waals surface area contributed by atoms with Crippen molar-refractivity contribution in [3.63, 3.8) is 0 Å². The molecular formula is C23H24F3NO11. The van der Waals surface area contributed by atoms with Gasteiger partial charge in [-0.1, -0.05) is 6.07 Å². The van der Waals surface area contributed by atoms with Crippen molar-refractivity contribution < 1.29 is 67.7 Å². The van der Waals surface area contributed by atoms with E-state index in [9.17, 15) is 43.2 Å². The SMILES string of the molecule is CN1CC[C@]23c4c5ccc(O)c4O[C@H]2C(OC(=O)C(O)C(O)C(=O)O)=CC[C@@]3(O)[C@H]1C5.O=C(O)C(F)(F)F. The van der Waals surface area contributed by atoms with Gasteiger partial charge in [0.25, 0.3) is 0 Å². The smallest absolute Gasteiger partial charge is 0.490 e. The zero-order valence-electron chi connectivity index (χ0n) is 19.7. The van der Waals surface area contributed by atoms with Gasteiger partial charge in [-0.25, -0.2) is 14.4 Å². The van der Waals surface area contributed by atoms with Crippen LogP contribution in [-0.4, -0.2) is 103 Å². The summed E-state index contributed by atoms with van der Waals surface area (Å²) in [6, 6.07) is 3.12. The van der Waals surface area contributed by atoms with Crippen LogP contribution in [0.15, 0.2) is 24.0 Å². The van der Waals surface area contributed by atoms with Gasteiger partial charge in [0.05, 0.1) is 11.0 Å². The molecule has 38 heavy (non-hydrogen) atoms. The predicted octanol–water partition coefficient (Wildman–Crippen LogP) is -0.347. The van der Waals surface area contributed by atoms with E-state index >= 15 is 0 Å². The number of likely N-dealkylation sites (N-methyl/N-ethyl adjacent to an activating group) is 1. The molecule has 1 aromatic rings. The zero-order valence-corrected chi connectivity index (χ0v) is 19.7. The third-order valence-corrected chi connectivity index (χ3v) is 7.61. The van der Waals surface area contributed by atoms with Gasteiger partial charge in [-0.15, -0.1) is 0 Å². The summed E-state index contributed by atoms with van der Waals surface area (Å²) in [6.07, 6.45) is -7.99. The van der Waals surface area contributed by atoms with Crippen LogP contribution in [0.1, 0.15) is 24.0 Å². The summed E-state index contributed by atoms with van der Waals surface area (Å²) >= 11 is 0. The molecule has 0 radical (unpaired) electrons. The molecule has 1 aromatic carbocycles. The molecule has 1 spiro atoms. The van der Waals surface area contributed by atoms with Gasteiger partial charge in [0.15, 0.2) is 29.8 Å². The summed E-state index contributed by atoms with van der Waals surface area (Å²) in [4.78, 5) is 34.2. The fraction of sp³-hybridized carbons (Fsp3) is 0.522. The Morgan fingerprint density at radius 2 is 1.82 bits per heavy atom. The first kappa shape index (κ1) is 27.6. The van der Waals surface area contributed by atoms with Crippen LogP contribution in [0.2, 0.25) is 0 Å². The number of phenolic OH excluding ortho intramolecular Hbond substituents is 1. The number of ether oxygens (including phenoxy) is 2. The Bertz CT molecular complexity index is 1220. The number of phenols is 1. The summed E-state index contributed by atoms with van der Waals surface area (Å²) < 4.78 is 43.1. The number of hydrogen-bond donors (Lipinski definition) is 6. The fourth-order valence-electron chi connectivity index (χ4n) is 5.88. The van der Waals surface area contributed by atoms with Crippen molar-refractivity contribution >= 4 is 17.9 Å². The Balaban J connectivity index is 0.000000426. The minimum atomic E-state index is -5.08. The second kappa shape index (κ2) is 9.11. The van der Waals surface area contributed by atoms with Gasteiger partial charge in [0, 0.05) is 18.0 Å². The highest BCUT2D eigenvalue weighted by Gasteiger charge is 2.72. The number of alkyl halides is 3. The van der Waals surface area contributed by atoms with E-state index < -0.39 is 53.4 Å². The van der Waals surface area contributed by atoms with Crippen LogP contribution in [0.4, 0.5) is 13.2 Å². The van der Waals surface area contributed by atoms with E-state index in [1.54, 1.807) is 0 Å². The van der Waals surface area contributed by atoms with Crippen LogP contribution in [0.3, 0.4) is 0 Å². The van der Waals surface area contributed by atoms with Crippen molar-refractivity contribution in [2.45, 2.75) is 60.8 Å². The largest absolute Gasteiger partial charge is 0.504 e. The van der Waals surface area contributed by atoms with Crippen LogP contribution in [0, 0.1) is 0 Å². The lowest BCUT2D eigenvalue weighted by Gasteiger charge is -2.61. The molecule has 2 aliphatic carbocycles. The van der Waals surface area contributed by atoms with Gasteiger partial charge in [-0.3, -0.25) is 0 Å². The number of carboxylic acids is 2. The Morgan fingerprint density at radius 3 is 2.39 bits per heavy atom. The highest BCUT2D eigenvalue weighted by molar-refractivity contribution is 5.85. The molecule has 2 bridgehead atoms. The lowest BCUT2D eigenvalue weighted by Crippen LogP contribution is -2.74. The van der Waals surface area contributed by atoms with E-state index in [0.29, 0.717) is 24.9 Å². The number of carbonyl (C=O) groups is 3. The number of aliphatic hydroxyl groups excluding tert-OH is 2. The van der Waals surface area contributed by atoms with Gasteiger partial charge >= 0.3 is 24.1 Å². The number of aromatic hydroxyl groups is 1. The number of carboxylic acid groups (broad SMARTS) is 2. The predicted molar refractivity (Wildman–Crippen MR) is 116 cm³/mol. The maximum atomic E-state index is 12.3. The fourth-order valence-corrected chi connectivity index (χ4v) is 5.88. The van der Waals surface area contributed by atoms with E-state index in [0.717, 1.165) is 5.56 Å². The Morgan fingerprint density at radius 1 is 1.18 bits per heavy atom. The van der Waals surface area contributed by atoms with Crippen LogP contribution in [0.25, 0.3) is 0 Å². The number of likely N-dealkylation sites (tertiary alicyclic amines) is 1. The van der Waals surface area contributed by atoms with Gasteiger partial charge in [0.2, 0.25) is 0 Å². The maximum Gasteiger partial charge on any atom is 0.490 e. The van der Waals surface area contributed by atoms with Crippen molar-refractivity contribution in [2.24, 2.45) is 0 Å². The first-order valence-corrected chi connectivity index (χ1v) is 11.3. The van der Waals surface area contributed by atoms with E-state index in [-0.39, 0.29) is 29.7 Å².